The second-order valence-corrected chi connectivity index (χ2v) is 7.82. The molecular weight excluding hydrogens is 429 g/mol. The number of nitrogens with one attached hydrogen (secondary N) is 2. The van der Waals surface area contributed by atoms with E-state index in [9.17, 15) is 13.2 Å². The van der Waals surface area contributed by atoms with E-state index in [0.717, 1.165) is 49.6 Å². The molecule has 5 rings (SSSR count). The van der Waals surface area contributed by atoms with Crippen LogP contribution in [0.1, 0.15) is 5.56 Å². The lowest BCUT2D eigenvalue weighted by Gasteiger charge is -2.29. The maximum Gasteiger partial charge on any atom is 0.416 e. The fourth-order valence-electron chi connectivity index (χ4n) is 3.83. The van der Waals surface area contributed by atoms with E-state index >= 15 is 0 Å². The van der Waals surface area contributed by atoms with Crippen molar-refractivity contribution >= 4 is 28.4 Å². The number of aromatic nitrogens is 3. The van der Waals surface area contributed by atoms with E-state index in [-0.39, 0.29) is 0 Å². The zero-order valence-corrected chi connectivity index (χ0v) is 17.6. The van der Waals surface area contributed by atoms with Crippen molar-refractivity contribution in [2.75, 3.05) is 36.4 Å². The van der Waals surface area contributed by atoms with Crippen LogP contribution >= 0.6 is 0 Å². The summed E-state index contributed by atoms with van der Waals surface area (Å²) in [5, 5.41) is 14.9. The molecule has 0 spiro atoms. The maximum absolute atomic E-state index is 12.8. The largest absolute Gasteiger partial charge is 0.416 e. The van der Waals surface area contributed by atoms with E-state index in [1.54, 1.807) is 18.2 Å². The smallest absolute Gasteiger partial charge is 0.369 e. The van der Waals surface area contributed by atoms with Crippen molar-refractivity contribution < 1.29 is 13.2 Å². The Morgan fingerprint density at radius 1 is 0.788 bits per heavy atom. The summed E-state index contributed by atoms with van der Waals surface area (Å²) in [6.45, 7) is 3.91. The normalized spacial score (nSPS) is 14.5. The van der Waals surface area contributed by atoms with Gasteiger partial charge in [0.2, 0.25) is 5.95 Å². The molecule has 1 fully saturated rings. The second kappa shape index (κ2) is 8.67. The summed E-state index contributed by atoms with van der Waals surface area (Å²) in [7, 11) is 0. The molecule has 4 aromatic rings. The molecule has 0 bridgehead atoms. The number of fused-ring (bicyclic) bond motifs is 1. The molecule has 0 radical (unpaired) electrons. The third-order valence-electron chi connectivity index (χ3n) is 5.61. The third kappa shape index (κ3) is 4.73. The van der Waals surface area contributed by atoms with Gasteiger partial charge in [0.15, 0.2) is 0 Å². The van der Waals surface area contributed by atoms with Gasteiger partial charge in [-0.1, -0.05) is 18.2 Å². The Labute approximate surface area is 188 Å². The summed E-state index contributed by atoms with van der Waals surface area (Å²) in [6, 6.07) is 18.5. The summed E-state index contributed by atoms with van der Waals surface area (Å²) in [5.74, 6) is 0.349. The van der Waals surface area contributed by atoms with Crippen molar-refractivity contribution in [2.45, 2.75) is 6.18 Å². The molecule has 1 aliphatic heterocycles. The molecule has 3 aromatic carbocycles. The van der Waals surface area contributed by atoms with Crippen LogP contribution in [0.25, 0.3) is 22.2 Å². The summed E-state index contributed by atoms with van der Waals surface area (Å²) >= 11 is 0. The number of alkyl halides is 3. The fourth-order valence-corrected chi connectivity index (χ4v) is 3.83. The zero-order chi connectivity index (χ0) is 22.8. The van der Waals surface area contributed by atoms with Gasteiger partial charge in [-0.2, -0.15) is 13.2 Å². The minimum Gasteiger partial charge on any atom is -0.369 e. The molecule has 0 unspecified atom stereocenters. The first-order valence-corrected chi connectivity index (χ1v) is 10.6. The Balaban J connectivity index is 1.35. The fraction of sp³-hybridized carbons (Fsp3) is 0.208. The van der Waals surface area contributed by atoms with Crippen LogP contribution in [0.5, 0.6) is 0 Å². The molecule has 1 saturated heterocycles. The maximum atomic E-state index is 12.8. The molecule has 33 heavy (non-hydrogen) atoms. The number of benzene rings is 3. The van der Waals surface area contributed by atoms with Crippen molar-refractivity contribution in [3.63, 3.8) is 0 Å². The summed E-state index contributed by atoms with van der Waals surface area (Å²) < 4.78 is 38.5. The van der Waals surface area contributed by atoms with Gasteiger partial charge < -0.3 is 15.5 Å². The van der Waals surface area contributed by atoms with Crippen molar-refractivity contribution in [1.82, 2.24) is 20.5 Å². The highest BCUT2D eigenvalue weighted by molar-refractivity contribution is 5.82. The molecule has 9 heteroatoms. The third-order valence-corrected chi connectivity index (χ3v) is 5.61. The van der Waals surface area contributed by atoms with Gasteiger partial charge in [-0.3, -0.25) is 0 Å². The van der Waals surface area contributed by atoms with Crippen LogP contribution in [0.4, 0.5) is 30.5 Å². The zero-order valence-electron chi connectivity index (χ0n) is 17.6. The van der Waals surface area contributed by atoms with Crippen LogP contribution in [0, 0.1) is 0 Å². The number of hydrogen-bond donors (Lipinski definition) is 2. The predicted molar refractivity (Wildman–Crippen MR) is 123 cm³/mol. The van der Waals surface area contributed by atoms with Gasteiger partial charge in [0.25, 0.3) is 0 Å². The van der Waals surface area contributed by atoms with Crippen LogP contribution in [0.15, 0.2) is 66.7 Å². The summed E-state index contributed by atoms with van der Waals surface area (Å²) in [4.78, 5) is 6.87. The highest BCUT2D eigenvalue weighted by atomic mass is 19.4. The highest BCUT2D eigenvalue weighted by Crippen LogP contribution is 2.31. The molecule has 1 aromatic heterocycles. The molecular formula is C24H21F3N6. The van der Waals surface area contributed by atoms with Gasteiger partial charge in [-0.25, -0.2) is 4.98 Å². The van der Waals surface area contributed by atoms with E-state index in [0.29, 0.717) is 22.5 Å². The van der Waals surface area contributed by atoms with Crippen LogP contribution in [-0.4, -0.2) is 41.4 Å². The Morgan fingerprint density at radius 3 is 2.18 bits per heavy atom. The van der Waals surface area contributed by atoms with Crippen molar-refractivity contribution in [1.29, 1.82) is 0 Å². The minimum atomic E-state index is -4.36. The first-order valence-electron chi connectivity index (χ1n) is 10.6. The van der Waals surface area contributed by atoms with Gasteiger partial charge in [0, 0.05) is 37.6 Å². The van der Waals surface area contributed by atoms with Crippen molar-refractivity contribution in [2.24, 2.45) is 0 Å². The Kier molecular flexibility index (Phi) is 5.55. The molecule has 0 aliphatic carbocycles. The van der Waals surface area contributed by atoms with Gasteiger partial charge in [0.05, 0.1) is 11.1 Å². The monoisotopic (exact) mass is 450 g/mol. The Bertz CT molecular complexity index is 1250. The average molecular weight is 450 g/mol. The number of nitrogens with zero attached hydrogens (tertiary/aromatic N) is 4. The van der Waals surface area contributed by atoms with E-state index in [2.05, 4.69) is 42.8 Å². The van der Waals surface area contributed by atoms with Gasteiger partial charge in [-0.05, 0) is 59.7 Å². The van der Waals surface area contributed by atoms with Gasteiger partial charge in [-0.15, -0.1) is 10.2 Å². The van der Waals surface area contributed by atoms with Crippen molar-refractivity contribution in [3.8, 4) is 11.1 Å². The van der Waals surface area contributed by atoms with Crippen LogP contribution < -0.4 is 15.5 Å². The van der Waals surface area contributed by atoms with Crippen molar-refractivity contribution in [3.05, 3.63) is 72.3 Å². The summed E-state index contributed by atoms with van der Waals surface area (Å²) in [5.41, 5.74) is 3.96. The van der Waals surface area contributed by atoms with Crippen LogP contribution in [0.3, 0.4) is 0 Å². The lowest BCUT2D eigenvalue weighted by atomic mass is 10.0. The van der Waals surface area contributed by atoms with Gasteiger partial charge in [0.1, 0.15) is 5.52 Å². The van der Waals surface area contributed by atoms with Crippen LogP contribution in [0.2, 0.25) is 0 Å². The van der Waals surface area contributed by atoms with E-state index in [1.807, 2.05) is 12.1 Å². The first-order chi connectivity index (χ1) is 16.0. The number of anilines is 3. The molecule has 0 saturated carbocycles. The Hall–Kier alpha value is -3.72. The van der Waals surface area contributed by atoms with E-state index in [1.165, 1.54) is 17.8 Å². The lowest BCUT2D eigenvalue weighted by molar-refractivity contribution is -0.137. The SMILES string of the molecule is FC(F)(F)c1ccc(-c2ccc3nnc(Nc4ccc(N5CCNCC5)cc4)nc3c2)cc1. The quantitative estimate of drug-likeness (QED) is 0.463. The van der Waals surface area contributed by atoms with Crippen LogP contribution in [-0.2, 0) is 6.18 Å². The molecule has 1 aliphatic rings. The van der Waals surface area contributed by atoms with Gasteiger partial charge >= 0.3 is 6.18 Å². The lowest BCUT2D eigenvalue weighted by Crippen LogP contribution is -2.43. The molecule has 2 heterocycles. The Morgan fingerprint density at radius 2 is 1.48 bits per heavy atom. The standard InChI is InChI=1S/C24H21F3N6/c25-24(26,27)18-4-1-16(2-5-18)17-3-10-21-22(15-17)30-23(32-31-21)29-19-6-8-20(9-7-19)33-13-11-28-12-14-33/h1-10,15,28H,11-14H2,(H,29,30,32). The minimum absolute atomic E-state index is 0.349. The number of halogens is 3. The number of piperazine rings is 1. The predicted octanol–water partition coefficient (Wildman–Crippen LogP) is 4.86. The number of rotatable bonds is 4. The molecule has 6 nitrogen and oxygen atoms in total. The van der Waals surface area contributed by atoms with E-state index in [4.69, 9.17) is 0 Å². The number of hydrogen-bond acceptors (Lipinski definition) is 6. The highest BCUT2D eigenvalue weighted by Gasteiger charge is 2.30. The second-order valence-electron chi connectivity index (χ2n) is 7.82. The van der Waals surface area contributed by atoms with E-state index < -0.39 is 11.7 Å². The molecule has 2 N–H and O–H groups in total. The molecule has 0 atom stereocenters. The summed E-state index contributed by atoms with van der Waals surface area (Å²) in [6.07, 6.45) is -4.36. The molecule has 0 amide bonds. The first kappa shape index (κ1) is 21.1. The average Bonchev–Trinajstić information content (AvgIpc) is 2.84. The topological polar surface area (TPSA) is 66.0 Å². The molecule has 168 valence electrons.